The fraction of sp³-hybridized carbons (Fsp3) is 0.933. The van der Waals surface area contributed by atoms with Gasteiger partial charge in [0.25, 0.3) is 10.1 Å². The normalized spacial score (nSPS) is 12.5. The number of aliphatic hydroxyl groups excluding tert-OH is 1. The molecule has 0 amide bonds. The summed E-state index contributed by atoms with van der Waals surface area (Å²) in [4.78, 5) is 11.1. The maximum Gasteiger partial charge on any atom is 0.264 e. The first kappa shape index (κ1) is 24.8. The van der Waals surface area contributed by atoms with Crippen LogP contribution < -0.4 is 0 Å². The molecular formula is C15H31NaO5S. The molecule has 5 nitrogen and oxygen atoms in total. The van der Waals surface area contributed by atoms with Crippen LogP contribution in [0.3, 0.4) is 0 Å². The van der Waals surface area contributed by atoms with Crippen molar-refractivity contribution in [3.8, 4) is 0 Å². The second kappa shape index (κ2) is 16.4. The summed E-state index contributed by atoms with van der Waals surface area (Å²) in [7, 11) is -3.66. The minimum atomic E-state index is -3.66. The van der Waals surface area contributed by atoms with Gasteiger partial charge in [0.2, 0.25) is 0 Å². The molecule has 0 aromatic rings. The molecule has 128 valence electrons. The standard InChI is InChI=1S/C13H25O2.C2H6O3S.Na/c1-2-3-4-5-6-7-8-9-10-11-13(15)12-14;1-2-6(3,4)5;/h12,14H,2-11H2,1H3;2H2,1H3,(H,3,4,5);. The van der Waals surface area contributed by atoms with Gasteiger partial charge in [-0.25, -0.2) is 0 Å². The first-order valence-electron chi connectivity index (χ1n) is 8.40. The Morgan fingerprint density at radius 3 is 1.64 bits per heavy atom. The van der Waals surface area contributed by atoms with Gasteiger partial charge in [0.05, 0.1) is 5.75 Å². The van der Waals surface area contributed by atoms with Crippen LogP contribution in [-0.4, -0.2) is 60.9 Å². The van der Waals surface area contributed by atoms with Gasteiger partial charge in [-0.2, -0.15) is 8.42 Å². The zero-order valence-corrected chi connectivity index (χ0v) is 17.2. The van der Waals surface area contributed by atoms with E-state index >= 15 is 0 Å². The summed E-state index contributed by atoms with van der Waals surface area (Å²) in [6, 6.07) is 0. The van der Waals surface area contributed by atoms with Gasteiger partial charge in [0, 0.05) is 0 Å². The molecule has 0 spiro atoms. The number of rotatable bonds is 12. The van der Waals surface area contributed by atoms with Crippen LogP contribution in [0, 0.1) is 0 Å². The zero-order valence-electron chi connectivity index (χ0n) is 14.4. The molecule has 0 aliphatic rings. The smallest absolute Gasteiger partial charge is 0.264 e. The number of unbranched alkanes of at least 4 members (excludes halogenated alkanes) is 8. The van der Waals surface area contributed by atoms with E-state index in [0.29, 0.717) is 34.4 Å². The summed E-state index contributed by atoms with van der Waals surface area (Å²) in [5.41, 5.74) is 0. The monoisotopic (exact) mass is 346 g/mol. The summed E-state index contributed by atoms with van der Waals surface area (Å²) in [5.74, 6) is -0.151. The van der Waals surface area contributed by atoms with E-state index in [2.05, 4.69) is 6.92 Å². The van der Waals surface area contributed by atoms with E-state index in [4.69, 9.17) is 9.66 Å². The summed E-state index contributed by atoms with van der Waals surface area (Å²) in [6.07, 6.45) is 12.0. The van der Waals surface area contributed by atoms with Crippen LogP contribution in [0.25, 0.3) is 0 Å². The number of Topliss-reactive ketones (excluding diaryl/α,β-unsaturated/α-hetero) is 1. The molecule has 0 radical (unpaired) electrons. The van der Waals surface area contributed by atoms with Gasteiger partial charge < -0.3 is 0 Å². The maximum absolute atomic E-state index is 11.1. The molecule has 0 aromatic heterocycles. The fourth-order valence-electron chi connectivity index (χ4n) is 1.82. The number of carbonyl (C=O) groups excluding carboxylic acids is 1. The van der Waals surface area contributed by atoms with Crippen LogP contribution in [0.5, 0.6) is 0 Å². The SMILES string of the molecule is CCCCCCCCCCCC(=O)[CH](O)[Na].CCS(=O)(=O)O. The molecule has 0 bridgehead atoms. The number of hydrogen-bond donors (Lipinski definition) is 2. The van der Waals surface area contributed by atoms with Crippen LogP contribution in [-0.2, 0) is 14.9 Å². The molecule has 2 N–H and O–H groups in total. The minimum Gasteiger partial charge on any atom is -0.286 e. The number of carbonyl (C=O) groups is 1. The van der Waals surface area contributed by atoms with E-state index < -0.39 is 13.5 Å². The third-order valence-electron chi connectivity index (χ3n) is 3.36. The second-order valence-corrected chi connectivity index (χ2v) is 8.43. The van der Waals surface area contributed by atoms with Crippen LogP contribution in [0.2, 0.25) is 0 Å². The summed E-state index contributed by atoms with van der Waals surface area (Å²) in [5, 5.41) is 9.06. The Hall–Kier alpha value is 0.540. The number of aliphatic hydroxyl groups is 1. The molecule has 0 heterocycles. The summed E-state index contributed by atoms with van der Waals surface area (Å²) in [6.45, 7) is 3.61. The molecule has 22 heavy (non-hydrogen) atoms. The Bertz CT molecular complexity index is 355. The third kappa shape index (κ3) is 22.8. The molecule has 0 aliphatic carbocycles. The molecule has 7 heteroatoms. The molecule has 0 fully saturated rings. The van der Waals surface area contributed by atoms with Crippen molar-refractivity contribution < 1.29 is 22.9 Å². The Kier molecular flexibility index (Phi) is 18.5. The first-order chi connectivity index (χ1) is 10.2. The molecular weight excluding hydrogens is 315 g/mol. The van der Waals surface area contributed by atoms with Gasteiger partial charge in [-0.05, 0) is 6.92 Å². The van der Waals surface area contributed by atoms with E-state index in [1.807, 2.05) is 0 Å². The zero-order chi connectivity index (χ0) is 17.4. The van der Waals surface area contributed by atoms with Crippen molar-refractivity contribution in [1.82, 2.24) is 0 Å². The predicted molar refractivity (Wildman–Crippen MR) is 90.7 cm³/mol. The van der Waals surface area contributed by atoms with Crippen molar-refractivity contribution >= 4 is 43.8 Å². The molecule has 1 unspecified atom stereocenters. The van der Waals surface area contributed by atoms with Gasteiger partial charge in [-0.1, -0.05) is 6.92 Å². The molecule has 0 rings (SSSR count). The van der Waals surface area contributed by atoms with Gasteiger partial charge >= 0.3 is 111 Å². The fourth-order valence-corrected chi connectivity index (χ4v) is 2.11. The average molecular weight is 346 g/mol. The quantitative estimate of drug-likeness (QED) is 0.322. The summed E-state index contributed by atoms with van der Waals surface area (Å²) < 4.78 is 26.3. The molecule has 0 aromatic carbocycles. The van der Waals surface area contributed by atoms with Crippen LogP contribution in [0.15, 0.2) is 0 Å². The van der Waals surface area contributed by atoms with E-state index in [1.54, 1.807) is 0 Å². The molecule has 0 aliphatic heterocycles. The summed E-state index contributed by atoms with van der Waals surface area (Å²) >= 11 is 0.580. The second-order valence-electron chi connectivity index (χ2n) is 5.59. The number of ketones is 1. The van der Waals surface area contributed by atoms with E-state index in [0.717, 1.165) is 12.8 Å². The molecule has 1 atom stereocenters. The minimum absolute atomic E-state index is 0.0506. The van der Waals surface area contributed by atoms with Crippen molar-refractivity contribution in [1.29, 1.82) is 0 Å². The topological polar surface area (TPSA) is 91.7 Å². The van der Waals surface area contributed by atoms with Crippen molar-refractivity contribution in [2.24, 2.45) is 0 Å². The van der Waals surface area contributed by atoms with Crippen LogP contribution in [0.4, 0.5) is 0 Å². The Balaban J connectivity index is 0. The molecule has 0 saturated heterocycles. The average Bonchev–Trinajstić information content (AvgIpc) is 2.45. The molecule has 0 saturated carbocycles. The Labute approximate surface area is 153 Å². The third-order valence-corrected chi connectivity index (χ3v) is 4.73. The van der Waals surface area contributed by atoms with Gasteiger partial charge in [0.15, 0.2) is 0 Å². The van der Waals surface area contributed by atoms with E-state index in [-0.39, 0.29) is 11.5 Å². The predicted octanol–water partition coefficient (Wildman–Crippen LogP) is 2.86. The van der Waals surface area contributed by atoms with Crippen LogP contribution >= 0.6 is 0 Å². The van der Waals surface area contributed by atoms with Crippen molar-refractivity contribution in [3.63, 3.8) is 0 Å². The Morgan fingerprint density at radius 1 is 0.955 bits per heavy atom. The van der Waals surface area contributed by atoms with Crippen molar-refractivity contribution in [2.75, 3.05) is 5.75 Å². The van der Waals surface area contributed by atoms with Gasteiger partial charge in [-0.15, -0.1) is 0 Å². The maximum atomic E-state index is 11.1. The first-order valence-corrected chi connectivity index (χ1v) is 11.2. The largest absolute Gasteiger partial charge is 0.286 e. The Morgan fingerprint density at radius 2 is 1.32 bits per heavy atom. The van der Waals surface area contributed by atoms with Crippen molar-refractivity contribution in [3.05, 3.63) is 0 Å². The van der Waals surface area contributed by atoms with E-state index in [1.165, 1.54) is 51.9 Å². The number of hydrogen-bond acceptors (Lipinski definition) is 4. The van der Waals surface area contributed by atoms with Crippen LogP contribution in [0.1, 0.15) is 78.1 Å². The van der Waals surface area contributed by atoms with Crippen molar-refractivity contribution in [2.45, 2.75) is 81.4 Å². The van der Waals surface area contributed by atoms with E-state index in [9.17, 15) is 13.2 Å². The van der Waals surface area contributed by atoms with Gasteiger partial charge in [-0.3, -0.25) is 4.55 Å². The van der Waals surface area contributed by atoms with Gasteiger partial charge in [0.1, 0.15) is 0 Å².